The van der Waals surface area contributed by atoms with Gasteiger partial charge in [0.1, 0.15) is 0 Å². The number of aromatic nitrogens is 4. The van der Waals surface area contributed by atoms with Gasteiger partial charge in [0.05, 0.1) is 11.4 Å². The summed E-state index contributed by atoms with van der Waals surface area (Å²) in [7, 11) is 1.98. The van der Waals surface area contributed by atoms with Gasteiger partial charge in [-0.05, 0) is 42.3 Å². The number of carbonyl (C=O) groups is 1. The molecule has 3 rings (SSSR count). The van der Waals surface area contributed by atoms with Crippen LogP contribution in [0.2, 0.25) is 0 Å². The molecule has 0 spiro atoms. The Bertz CT molecular complexity index is 604. The van der Waals surface area contributed by atoms with Gasteiger partial charge in [0, 0.05) is 35.0 Å². The summed E-state index contributed by atoms with van der Waals surface area (Å²) in [5, 5.41) is 11.5. The van der Waals surface area contributed by atoms with Crippen molar-refractivity contribution in [3.63, 3.8) is 0 Å². The van der Waals surface area contributed by atoms with Crippen LogP contribution in [0.25, 0.3) is 12.2 Å². The van der Waals surface area contributed by atoms with E-state index in [0.29, 0.717) is 13.1 Å². The summed E-state index contributed by atoms with van der Waals surface area (Å²) in [6.45, 7) is 1.23. The molecule has 0 aliphatic carbocycles. The highest BCUT2D eigenvalue weighted by Crippen LogP contribution is 2.20. The van der Waals surface area contributed by atoms with E-state index in [0.717, 1.165) is 22.5 Å². The fourth-order valence-corrected chi connectivity index (χ4v) is 2.86. The Labute approximate surface area is 123 Å². The van der Waals surface area contributed by atoms with Crippen molar-refractivity contribution in [1.82, 2.24) is 24.1 Å². The number of likely N-dealkylation sites (N-methyl/N-ethyl adjacent to an activating group) is 1. The number of carbonyl (C=O) groups excluding carboxylic acids is 1. The molecule has 2 aromatic rings. The van der Waals surface area contributed by atoms with E-state index in [9.17, 15) is 4.79 Å². The second-order valence-electron chi connectivity index (χ2n) is 4.50. The van der Waals surface area contributed by atoms with Crippen LogP contribution in [-0.4, -0.2) is 50.0 Å². The van der Waals surface area contributed by atoms with Gasteiger partial charge >= 0.3 is 0 Å². The van der Waals surface area contributed by atoms with E-state index in [-0.39, 0.29) is 5.78 Å². The standard InChI is InChI=1S/C12H11N5OS2/c1-17-4-8(2-10-6-19-15-13-10)12(18)9(5-17)3-11-7-20-16-14-11/h2-3,6-7H,4-5H2,1H3/b8-2+,9-3+. The number of Topliss-reactive ketones (excluding diaryl/α,β-unsaturated/α-hetero) is 1. The molecule has 102 valence electrons. The minimum atomic E-state index is 0.0455. The first-order valence-corrected chi connectivity index (χ1v) is 7.58. The van der Waals surface area contributed by atoms with Gasteiger partial charge in [-0.25, -0.2) is 0 Å². The Balaban J connectivity index is 1.92. The highest BCUT2D eigenvalue weighted by molar-refractivity contribution is 7.03. The van der Waals surface area contributed by atoms with E-state index >= 15 is 0 Å². The second-order valence-corrected chi connectivity index (χ2v) is 5.72. The highest BCUT2D eigenvalue weighted by Gasteiger charge is 2.24. The maximum atomic E-state index is 12.5. The molecular weight excluding hydrogens is 294 g/mol. The van der Waals surface area contributed by atoms with E-state index in [4.69, 9.17) is 0 Å². The number of nitrogens with zero attached hydrogens (tertiary/aromatic N) is 5. The van der Waals surface area contributed by atoms with Crippen LogP contribution >= 0.6 is 23.1 Å². The van der Waals surface area contributed by atoms with Crippen LogP contribution in [0, 0.1) is 0 Å². The quantitative estimate of drug-likeness (QED) is 0.780. The molecule has 0 amide bonds. The predicted molar refractivity (Wildman–Crippen MR) is 78.3 cm³/mol. The van der Waals surface area contributed by atoms with Crippen LogP contribution in [0.15, 0.2) is 21.9 Å². The lowest BCUT2D eigenvalue weighted by Gasteiger charge is -2.25. The Morgan fingerprint density at radius 3 is 1.95 bits per heavy atom. The van der Waals surface area contributed by atoms with Gasteiger partial charge in [-0.3, -0.25) is 9.69 Å². The van der Waals surface area contributed by atoms with Crippen LogP contribution < -0.4 is 0 Å². The minimum absolute atomic E-state index is 0.0455. The summed E-state index contributed by atoms with van der Waals surface area (Å²) >= 11 is 2.55. The lowest BCUT2D eigenvalue weighted by molar-refractivity contribution is -0.113. The van der Waals surface area contributed by atoms with Crippen LogP contribution in [0.4, 0.5) is 0 Å². The Kier molecular flexibility index (Phi) is 3.77. The molecule has 3 heterocycles. The molecule has 0 N–H and O–H groups in total. The topological polar surface area (TPSA) is 71.9 Å². The number of piperidine rings is 1. The fraction of sp³-hybridized carbons (Fsp3) is 0.250. The number of ketones is 1. The first-order chi connectivity index (χ1) is 9.72. The van der Waals surface area contributed by atoms with E-state index in [1.807, 2.05) is 17.8 Å². The molecule has 0 unspecified atom stereocenters. The van der Waals surface area contributed by atoms with E-state index in [1.165, 1.54) is 23.1 Å². The number of hydrogen-bond donors (Lipinski definition) is 0. The molecular formula is C12H11N5OS2. The van der Waals surface area contributed by atoms with Crippen molar-refractivity contribution < 1.29 is 4.79 Å². The number of hydrogen-bond acceptors (Lipinski definition) is 8. The third-order valence-electron chi connectivity index (χ3n) is 2.86. The Morgan fingerprint density at radius 2 is 1.55 bits per heavy atom. The van der Waals surface area contributed by atoms with Crippen LogP contribution in [0.5, 0.6) is 0 Å². The zero-order chi connectivity index (χ0) is 13.9. The third-order valence-corrected chi connectivity index (χ3v) is 3.91. The van der Waals surface area contributed by atoms with Crippen LogP contribution in [0.1, 0.15) is 11.4 Å². The largest absolute Gasteiger partial charge is 0.298 e. The van der Waals surface area contributed by atoms with Crippen LogP contribution in [-0.2, 0) is 4.79 Å². The summed E-state index contributed by atoms with van der Waals surface area (Å²) in [5.74, 6) is 0.0455. The molecule has 0 bridgehead atoms. The molecule has 0 aromatic carbocycles. The molecule has 2 aromatic heterocycles. The smallest absolute Gasteiger partial charge is 0.187 e. The normalized spacial score (nSPS) is 20.9. The van der Waals surface area contributed by atoms with Crippen molar-refractivity contribution in [1.29, 1.82) is 0 Å². The van der Waals surface area contributed by atoms with Crippen molar-refractivity contribution in [2.75, 3.05) is 20.1 Å². The SMILES string of the molecule is CN1C/C(=C\c2csnn2)C(=O)/C(=C/c2csnn2)C1. The van der Waals surface area contributed by atoms with Crippen molar-refractivity contribution in [3.05, 3.63) is 33.3 Å². The van der Waals surface area contributed by atoms with Crippen LogP contribution in [0.3, 0.4) is 0 Å². The minimum Gasteiger partial charge on any atom is -0.298 e. The second kappa shape index (κ2) is 5.70. The zero-order valence-electron chi connectivity index (χ0n) is 10.7. The summed E-state index contributed by atoms with van der Waals surface area (Å²) in [5.41, 5.74) is 2.90. The highest BCUT2D eigenvalue weighted by atomic mass is 32.1. The molecule has 1 aliphatic heterocycles. The first kappa shape index (κ1) is 13.2. The number of rotatable bonds is 2. The van der Waals surface area contributed by atoms with Gasteiger partial charge in [0.25, 0.3) is 0 Å². The van der Waals surface area contributed by atoms with Crippen molar-refractivity contribution >= 4 is 41.0 Å². The Hall–Kier alpha value is -1.77. The molecule has 0 radical (unpaired) electrons. The monoisotopic (exact) mass is 305 g/mol. The summed E-state index contributed by atoms with van der Waals surface area (Å²) in [6, 6.07) is 0. The average molecular weight is 305 g/mol. The van der Waals surface area contributed by atoms with Crippen molar-refractivity contribution in [2.24, 2.45) is 0 Å². The summed E-state index contributed by atoms with van der Waals surface area (Å²) < 4.78 is 7.60. The van der Waals surface area contributed by atoms with E-state index in [2.05, 4.69) is 24.1 Å². The van der Waals surface area contributed by atoms with Gasteiger partial charge in [0.15, 0.2) is 5.78 Å². The van der Waals surface area contributed by atoms with E-state index in [1.54, 1.807) is 12.2 Å². The lowest BCUT2D eigenvalue weighted by Crippen LogP contribution is -2.34. The first-order valence-electron chi connectivity index (χ1n) is 5.91. The predicted octanol–water partition coefficient (Wildman–Crippen LogP) is 1.37. The van der Waals surface area contributed by atoms with Gasteiger partial charge in [0.2, 0.25) is 0 Å². The van der Waals surface area contributed by atoms with Gasteiger partial charge in [-0.2, -0.15) is 0 Å². The lowest BCUT2D eigenvalue weighted by atomic mass is 9.96. The molecule has 1 aliphatic rings. The van der Waals surface area contributed by atoms with Crippen molar-refractivity contribution in [3.8, 4) is 0 Å². The third kappa shape index (κ3) is 2.87. The van der Waals surface area contributed by atoms with Gasteiger partial charge in [-0.15, -0.1) is 10.2 Å². The Morgan fingerprint density at radius 1 is 1.05 bits per heavy atom. The van der Waals surface area contributed by atoms with Crippen molar-refractivity contribution in [2.45, 2.75) is 0 Å². The average Bonchev–Trinajstić information content (AvgIpc) is 3.08. The van der Waals surface area contributed by atoms with E-state index < -0.39 is 0 Å². The molecule has 0 saturated carbocycles. The molecule has 1 saturated heterocycles. The molecule has 6 nitrogen and oxygen atoms in total. The van der Waals surface area contributed by atoms with Gasteiger partial charge < -0.3 is 0 Å². The number of likely N-dealkylation sites (tertiary alicyclic amines) is 1. The molecule has 20 heavy (non-hydrogen) atoms. The zero-order valence-corrected chi connectivity index (χ0v) is 12.3. The molecule has 8 heteroatoms. The molecule has 0 atom stereocenters. The molecule has 1 fully saturated rings. The maximum Gasteiger partial charge on any atom is 0.187 e. The van der Waals surface area contributed by atoms with Gasteiger partial charge in [-0.1, -0.05) is 8.98 Å². The summed E-state index contributed by atoms with van der Waals surface area (Å²) in [4.78, 5) is 14.6. The summed E-state index contributed by atoms with van der Waals surface area (Å²) in [6.07, 6.45) is 3.60. The fourth-order valence-electron chi connectivity index (χ4n) is 2.04. The maximum absolute atomic E-state index is 12.5.